The highest BCUT2D eigenvalue weighted by Crippen LogP contribution is 2.47. The standard InChI is InChI=1S/C23H22BrN3O4S/c1-12-9-13(2)22(28)17(10-12)19-18-20(26-25-19)23(29)27(16-7-8-32(30,31)11-16)21(18)14-3-5-15(24)6-4-14/h3-6,9-10,16,21,28H,7-8,11H2,1-2H3,(H,25,26). The third kappa shape index (κ3) is 3.34. The van der Waals surface area contributed by atoms with Crippen LogP contribution in [0.15, 0.2) is 40.9 Å². The van der Waals surface area contributed by atoms with Gasteiger partial charge in [0.1, 0.15) is 17.1 Å². The summed E-state index contributed by atoms with van der Waals surface area (Å²) in [6, 6.07) is 10.5. The summed E-state index contributed by atoms with van der Waals surface area (Å²) in [5.41, 5.74) is 4.62. The predicted molar refractivity (Wildman–Crippen MR) is 124 cm³/mol. The van der Waals surface area contributed by atoms with Crippen molar-refractivity contribution in [2.75, 3.05) is 11.5 Å². The van der Waals surface area contributed by atoms with Crippen molar-refractivity contribution in [2.24, 2.45) is 0 Å². The zero-order valence-corrected chi connectivity index (χ0v) is 20.0. The first-order valence-electron chi connectivity index (χ1n) is 10.3. The normalized spacial score (nSPS) is 21.8. The number of phenols is 1. The fourth-order valence-corrected chi connectivity index (χ4v) is 6.83. The van der Waals surface area contributed by atoms with Crippen molar-refractivity contribution < 1.29 is 18.3 Å². The maximum absolute atomic E-state index is 13.5. The number of fused-ring (bicyclic) bond motifs is 1. The minimum Gasteiger partial charge on any atom is -0.507 e. The number of hydrogen-bond acceptors (Lipinski definition) is 5. The van der Waals surface area contributed by atoms with E-state index in [2.05, 4.69) is 26.1 Å². The minimum atomic E-state index is -3.19. The molecule has 0 spiro atoms. The fourth-order valence-electron chi connectivity index (χ4n) is 4.85. The smallest absolute Gasteiger partial charge is 0.273 e. The van der Waals surface area contributed by atoms with Gasteiger partial charge in [0.2, 0.25) is 0 Å². The lowest BCUT2D eigenvalue weighted by molar-refractivity contribution is 0.0677. The van der Waals surface area contributed by atoms with Gasteiger partial charge in [-0.05, 0) is 55.2 Å². The third-order valence-corrected chi connectivity index (χ3v) is 8.57. The number of phenolic OH excluding ortho intramolecular Hbond substituents is 1. The number of amides is 1. The van der Waals surface area contributed by atoms with Crippen LogP contribution in [0.4, 0.5) is 0 Å². The molecule has 5 rings (SSSR count). The van der Waals surface area contributed by atoms with Crippen LogP contribution in [0, 0.1) is 13.8 Å². The number of nitrogens with one attached hydrogen (secondary N) is 1. The van der Waals surface area contributed by atoms with Crippen molar-refractivity contribution in [2.45, 2.75) is 32.4 Å². The third-order valence-electron chi connectivity index (χ3n) is 6.29. The summed E-state index contributed by atoms with van der Waals surface area (Å²) in [7, 11) is -3.19. The highest BCUT2D eigenvalue weighted by molar-refractivity contribution is 9.10. The Morgan fingerprint density at radius 2 is 1.91 bits per heavy atom. The second-order valence-electron chi connectivity index (χ2n) is 8.56. The van der Waals surface area contributed by atoms with Crippen LogP contribution in [-0.2, 0) is 9.84 Å². The lowest BCUT2D eigenvalue weighted by atomic mass is 9.93. The molecule has 1 fully saturated rings. The van der Waals surface area contributed by atoms with Gasteiger partial charge in [-0.25, -0.2) is 8.42 Å². The molecule has 1 aromatic heterocycles. The molecule has 32 heavy (non-hydrogen) atoms. The number of benzene rings is 2. The van der Waals surface area contributed by atoms with Gasteiger partial charge in [0, 0.05) is 21.6 Å². The summed E-state index contributed by atoms with van der Waals surface area (Å²) in [6.07, 6.45) is 0.406. The first-order valence-corrected chi connectivity index (χ1v) is 12.9. The first kappa shape index (κ1) is 21.2. The second-order valence-corrected chi connectivity index (χ2v) is 11.7. The Morgan fingerprint density at radius 1 is 1.19 bits per heavy atom. The molecule has 3 heterocycles. The van der Waals surface area contributed by atoms with Crippen LogP contribution >= 0.6 is 15.9 Å². The number of aromatic nitrogens is 2. The maximum Gasteiger partial charge on any atom is 0.273 e. The van der Waals surface area contributed by atoms with E-state index in [1.807, 2.05) is 50.2 Å². The lowest BCUT2D eigenvalue weighted by Crippen LogP contribution is -2.40. The molecule has 0 bridgehead atoms. The average Bonchev–Trinajstić information content (AvgIpc) is 3.39. The summed E-state index contributed by atoms with van der Waals surface area (Å²) in [5.74, 6) is -0.120. The Balaban J connectivity index is 1.71. The highest BCUT2D eigenvalue weighted by Gasteiger charge is 2.48. The molecule has 2 aliphatic rings. The van der Waals surface area contributed by atoms with Gasteiger partial charge < -0.3 is 10.0 Å². The molecule has 2 N–H and O–H groups in total. The van der Waals surface area contributed by atoms with Gasteiger partial charge in [-0.2, -0.15) is 5.10 Å². The van der Waals surface area contributed by atoms with Crippen molar-refractivity contribution >= 4 is 31.7 Å². The number of aromatic amines is 1. The number of hydrogen-bond donors (Lipinski definition) is 2. The SMILES string of the molecule is Cc1cc(C)c(O)c(-c2n[nH]c3c2C(c2ccc(Br)cc2)N(C2CCS(=O)(=O)C2)C3=O)c1. The summed E-state index contributed by atoms with van der Waals surface area (Å²) in [5, 5.41) is 18.1. The van der Waals surface area contributed by atoms with Gasteiger partial charge in [-0.1, -0.05) is 34.1 Å². The van der Waals surface area contributed by atoms with Crippen molar-refractivity contribution in [3.63, 3.8) is 0 Å². The summed E-state index contributed by atoms with van der Waals surface area (Å²) < 4.78 is 25.3. The number of halogens is 1. The zero-order valence-electron chi connectivity index (χ0n) is 17.6. The van der Waals surface area contributed by atoms with Crippen molar-refractivity contribution in [3.8, 4) is 17.0 Å². The number of rotatable bonds is 3. The van der Waals surface area contributed by atoms with E-state index in [9.17, 15) is 18.3 Å². The summed E-state index contributed by atoms with van der Waals surface area (Å²) in [4.78, 5) is 15.2. The molecule has 3 aromatic rings. The lowest BCUT2D eigenvalue weighted by Gasteiger charge is -2.31. The van der Waals surface area contributed by atoms with Gasteiger partial charge in [0.05, 0.1) is 17.5 Å². The average molecular weight is 516 g/mol. The Hall–Kier alpha value is -2.65. The molecule has 1 saturated heterocycles. The molecule has 2 aromatic carbocycles. The van der Waals surface area contributed by atoms with Crippen LogP contribution in [0.5, 0.6) is 5.75 Å². The number of aromatic hydroxyl groups is 1. The Morgan fingerprint density at radius 3 is 2.56 bits per heavy atom. The van der Waals surface area contributed by atoms with Gasteiger partial charge in [-0.3, -0.25) is 9.89 Å². The monoisotopic (exact) mass is 515 g/mol. The second kappa shape index (κ2) is 7.45. The Labute approximate surface area is 194 Å². The van der Waals surface area contributed by atoms with Crippen molar-refractivity contribution in [1.82, 2.24) is 15.1 Å². The number of carbonyl (C=O) groups is 1. The maximum atomic E-state index is 13.5. The van der Waals surface area contributed by atoms with Crippen LogP contribution in [0.2, 0.25) is 0 Å². The summed E-state index contributed by atoms with van der Waals surface area (Å²) >= 11 is 3.45. The van der Waals surface area contributed by atoms with Crippen LogP contribution in [-0.4, -0.2) is 52.1 Å². The van der Waals surface area contributed by atoms with Crippen molar-refractivity contribution in [3.05, 3.63) is 68.8 Å². The minimum absolute atomic E-state index is 0.0480. The van der Waals surface area contributed by atoms with Crippen molar-refractivity contribution in [1.29, 1.82) is 0 Å². The molecular formula is C23H22BrN3O4S. The highest BCUT2D eigenvalue weighted by atomic mass is 79.9. The Kier molecular flexibility index (Phi) is 4.94. The topological polar surface area (TPSA) is 103 Å². The predicted octanol–water partition coefficient (Wildman–Crippen LogP) is 3.89. The van der Waals surface area contributed by atoms with E-state index >= 15 is 0 Å². The van der Waals surface area contributed by atoms with E-state index in [1.165, 1.54) is 0 Å². The van der Waals surface area contributed by atoms with E-state index in [0.717, 1.165) is 21.2 Å². The molecule has 7 nitrogen and oxygen atoms in total. The van der Waals surface area contributed by atoms with E-state index in [4.69, 9.17) is 0 Å². The number of nitrogens with zero attached hydrogens (tertiary/aromatic N) is 2. The van der Waals surface area contributed by atoms with Gasteiger partial charge in [0.25, 0.3) is 5.91 Å². The van der Waals surface area contributed by atoms with Crippen LogP contribution < -0.4 is 0 Å². The number of sulfone groups is 1. The number of H-pyrrole nitrogens is 1. The molecule has 0 radical (unpaired) electrons. The van der Waals surface area contributed by atoms with E-state index < -0.39 is 21.9 Å². The number of aryl methyl sites for hydroxylation is 2. The van der Waals surface area contributed by atoms with Crippen LogP contribution in [0.25, 0.3) is 11.3 Å². The van der Waals surface area contributed by atoms with E-state index in [0.29, 0.717) is 28.9 Å². The van der Waals surface area contributed by atoms with Gasteiger partial charge >= 0.3 is 0 Å². The van der Waals surface area contributed by atoms with Crippen LogP contribution in [0.1, 0.15) is 45.2 Å². The molecule has 1 amide bonds. The fraction of sp³-hybridized carbons (Fsp3) is 0.304. The summed E-state index contributed by atoms with van der Waals surface area (Å²) in [6.45, 7) is 3.77. The first-order chi connectivity index (χ1) is 15.2. The molecule has 0 aliphatic carbocycles. The largest absolute Gasteiger partial charge is 0.507 e. The molecular weight excluding hydrogens is 494 g/mol. The molecule has 0 saturated carbocycles. The van der Waals surface area contributed by atoms with Crippen LogP contribution in [0.3, 0.4) is 0 Å². The van der Waals surface area contributed by atoms with Gasteiger partial charge in [-0.15, -0.1) is 0 Å². The quantitative estimate of drug-likeness (QED) is 0.550. The molecule has 2 unspecified atom stereocenters. The van der Waals surface area contributed by atoms with E-state index in [1.54, 1.807) is 4.90 Å². The van der Waals surface area contributed by atoms with E-state index in [-0.39, 0.29) is 23.2 Å². The molecule has 2 aliphatic heterocycles. The Bertz CT molecular complexity index is 1350. The van der Waals surface area contributed by atoms with Gasteiger partial charge in [0.15, 0.2) is 9.84 Å². The molecule has 166 valence electrons. The zero-order chi connectivity index (χ0) is 22.8. The number of carbonyl (C=O) groups excluding carboxylic acids is 1. The molecule has 9 heteroatoms. The molecule has 2 atom stereocenters.